The molecule has 0 aromatic carbocycles. The lowest BCUT2D eigenvalue weighted by atomic mass is 9.75. The highest BCUT2D eigenvalue weighted by Gasteiger charge is 2.69. The minimum absolute atomic E-state index is 0.0837. The standard InChI is InChI=1S/C14H18O6/c1-13-6-8(7-14(13)19-4-5-20-14)9(11(15)17-2)10(13)12(16)18-3/h8H,4-7H2,1-3H3/t8-,13-/m1/s1. The van der Waals surface area contributed by atoms with Crippen LogP contribution in [0.5, 0.6) is 0 Å². The second kappa shape index (κ2) is 4.30. The molecule has 0 aromatic heterocycles. The quantitative estimate of drug-likeness (QED) is 0.698. The fourth-order valence-electron chi connectivity index (χ4n) is 3.98. The molecular formula is C14H18O6. The summed E-state index contributed by atoms with van der Waals surface area (Å²) in [7, 11) is 2.62. The van der Waals surface area contributed by atoms with E-state index in [2.05, 4.69) is 0 Å². The van der Waals surface area contributed by atoms with Crippen LogP contribution in [0.25, 0.3) is 0 Å². The molecule has 0 aromatic rings. The summed E-state index contributed by atoms with van der Waals surface area (Å²) in [5.41, 5.74) is 0.113. The van der Waals surface area contributed by atoms with Gasteiger partial charge >= 0.3 is 11.9 Å². The van der Waals surface area contributed by atoms with Crippen LogP contribution >= 0.6 is 0 Å². The molecule has 0 radical (unpaired) electrons. The van der Waals surface area contributed by atoms with Crippen molar-refractivity contribution in [1.29, 1.82) is 0 Å². The van der Waals surface area contributed by atoms with Gasteiger partial charge in [-0.25, -0.2) is 9.59 Å². The SMILES string of the molecule is COC(=O)C1=C(C(=O)OC)[C@@]2(C)C[C@@H]1CC21OCCO1. The van der Waals surface area contributed by atoms with Gasteiger partial charge in [-0.3, -0.25) is 0 Å². The van der Waals surface area contributed by atoms with E-state index in [0.29, 0.717) is 37.2 Å². The van der Waals surface area contributed by atoms with E-state index < -0.39 is 23.1 Å². The Bertz CT molecular complexity index is 502. The molecule has 6 heteroatoms. The lowest BCUT2D eigenvalue weighted by molar-refractivity contribution is -0.210. The van der Waals surface area contributed by atoms with Gasteiger partial charge in [-0.05, 0) is 12.3 Å². The number of esters is 2. The lowest BCUT2D eigenvalue weighted by Gasteiger charge is -2.40. The van der Waals surface area contributed by atoms with E-state index in [-0.39, 0.29) is 5.92 Å². The molecule has 3 aliphatic rings. The Morgan fingerprint density at radius 2 is 1.70 bits per heavy atom. The van der Waals surface area contributed by atoms with Crippen LogP contribution in [-0.4, -0.2) is 45.2 Å². The number of ether oxygens (including phenoxy) is 4. The third-order valence-electron chi connectivity index (χ3n) is 4.79. The van der Waals surface area contributed by atoms with Crippen LogP contribution in [-0.2, 0) is 28.5 Å². The highest BCUT2D eigenvalue weighted by Crippen LogP contribution is 2.65. The van der Waals surface area contributed by atoms with Crippen LogP contribution in [0.15, 0.2) is 11.1 Å². The van der Waals surface area contributed by atoms with E-state index in [0.717, 1.165) is 0 Å². The van der Waals surface area contributed by atoms with E-state index in [1.165, 1.54) is 14.2 Å². The molecule has 2 atom stereocenters. The third kappa shape index (κ3) is 1.46. The highest BCUT2D eigenvalue weighted by atomic mass is 16.7. The van der Waals surface area contributed by atoms with E-state index >= 15 is 0 Å². The van der Waals surface area contributed by atoms with Crippen molar-refractivity contribution in [3.63, 3.8) is 0 Å². The maximum absolute atomic E-state index is 12.2. The summed E-state index contributed by atoms with van der Waals surface area (Å²) >= 11 is 0. The first-order chi connectivity index (χ1) is 9.49. The Labute approximate surface area is 117 Å². The van der Waals surface area contributed by atoms with Crippen LogP contribution in [0.2, 0.25) is 0 Å². The predicted octanol–water partition coefficient (Wildman–Crippen LogP) is 0.802. The molecule has 1 spiro atoms. The van der Waals surface area contributed by atoms with Crippen molar-refractivity contribution in [3.8, 4) is 0 Å². The second-order valence-corrected chi connectivity index (χ2v) is 5.66. The first-order valence-electron chi connectivity index (χ1n) is 6.68. The van der Waals surface area contributed by atoms with Crippen molar-refractivity contribution < 1.29 is 28.5 Å². The first kappa shape index (κ1) is 13.6. The maximum atomic E-state index is 12.2. The van der Waals surface area contributed by atoms with E-state index in [9.17, 15) is 9.59 Å². The van der Waals surface area contributed by atoms with Crippen molar-refractivity contribution >= 4 is 11.9 Å². The number of methoxy groups -OCH3 is 2. The zero-order valence-electron chi connectivity index (χ0n) is 11.9. The molecule has 3 rings (SSSR count). The van der Waals surface area contributed by atoms with Gasteiger partial charge in [0.05, 0.1) is 44.0 Å². The zero-order chi connectivity index (χ0) is 14.5. The number of carbonyl (C=O) groups is 2. The molecular weight excluding hydrogens is 264 g/mol. The summed E-state index contributed by atoms with van der Waals surface area (Å²) in [4.78, 5) is 24.2. The average molecular weight is 282 g/mol. The molecule has 110 valence electrons. The van der Waals surface area contributed by atoms with Crippen molar-refractivity contribution in [2.75, 3.05) is 27.4 Å². The molecule has 1 aliphatic heterocycles. The summed E-state index contributed by atoms with van der Waals surface area (Å²) in [5, 5.41) is 0. The summed E-state index contributed by atoms with van der Waals surface area (Å²) in [5.74, 6) is -1.86. The minimum Gasteiger partial charge on any atom is -0.466 e. The van der Waals surface area contributed by atoms with Crippen molar-refractivity contribution in [1.82, 2.24) is 0 Å². The summed E-state index contributed by atoms with van der Waals surface area (Å²) in [6.07, 6.45) is 1.22. The molecule has 6 nitrogen and oxygen atoms in total. The lowest BCUT2D eigenvalue weighted by Crippen LogP contribution is -2.47. The number of hydrogen-bond donors (Lipinski definition) is 0. The highest BCUT2D eigenvalue weighted by molar-refractivity contribution is 6.03. The van der Waals surface area contributed by atoms with Crippen LogP contribution < -0.4 is 0 Å². The smallest absolute Gasteiger partial charge is 0.335 e. The molecule has 20 heavy (non-hydrogen) atoms. The topological polar surface area (TPSA) is 71.1 Å². The number of fused-ring (bicyclic) bond motifs is 3. The maximum Gasteiger partial charge on any atom is 0.335 e. The summed E-state index contributed by atoms with van der Waals surface area (Å²) in [6.45, 7) is 2.91. The van der Waals surface area contributed by atoms with E-state index in [1.54, 1.807) is 0 Å². The van der Waals surface area contributed by atoms with Crippen LogP contribution in [0.3, 0.4) is 0 Å². The van der Waals surface area contributed by atoms with Gasteiger partial charge in [-0.15, -0.1) is 0 Å². The molecule has 2 aliphatic carbocycles. The zero-order valence-corrected chi connectivity index (χ0v) is 11.9. The molecule has 0 unspecified atom stereocenters. The summed E-state index contributed by atoms with van der Waals surface area (Å²) < 4.78 is 21.3. The van der Waals surface area contributed by atoms with Gasteiger partial charge in [0.1, 0.15) is 0 Å². The molecule has 1 saturated heterocycles. The number of carbonyl (C=O) groups excluding carboxylic acids is 2. The molecule has 1 saturated carbocycles. The van der Waals surface area contributed by atoms with Gasteiger partial charge < -0.3 is 18.9 Å². The van der Waals surface area contributed by atoms with Crippen molar-refractivity contribution in [2.45, 2.75) is 25.6 Å². The first-order valence-corrected chi connectivity index (χ1v) is 6.68. The van der Waals surface area contributed by atoms with Gasteiger partial charge in [0.15, 0.2) is 5.79 Å². The van der Waals surface area contributed by atoms with Gasteiger partial charge in [0.25, 0.3) is 0 Å². The van der Waals surface area contributed by atoms with Gasteiger partial charge in [0.2, 0.25) is 0 Å². The molecule has 0 N–H and O–H groups in total. The molecule has 2 fully saturated rings. The van der Waals surface area contributed by atoms with Crippen molar-refractivity contribution in [3.05, 3.63) is 11.1 Å². The van der Waals surface area contributed by atoms with E-state index in [1.807, 2.05) is 6.92 Å². The Balaban J connectivity index is 2.13. The Kier molecular flexibility index (Phi) is 2.92. The molecule has 1 heterocycles. The fraction of sp³-hybridized carbons (Fsp3) is 0.714. The normalized spacial score (nSPS) is 33.9. The van der Waals surface area contributed by atoms with Gasteiger partial charge in [-0.1, -0.05) is 6.92 Å². The Morgan fingerprint density at radius 1 is 1.10 bits per heavy atom. The minimum atomic E-state index is -0.807. The predicted molar refractivity (Wildman–Crippen MR) is 66.5 cm³/mol. The van der Waals surface area contributed by atoms with Crippen LogP contribution in [0.1, 0.15) is 19.8 Å². The largest absolute Gasteiger partial charge is 0.466 e. The average Bonchev–Trinajstić information content (AvgIpc) is 3.09. The molecule has 2 bridgehead atoms. The third-order valence-corrected chi connectivity index (χ3v) is 4.79. The number of hydrogen-bond acceptors (Lipinski definition) is 6. The molecule has 0 amide bonds. The fourth-order valence-corrected chi connectivity index (χ4v) is 3.98. The monoisotopic (exact) mass is 282 g/mol. The second-order valence-electron chi connectivity index (χ2n) is 5.66. The van der Waals surface area contributed by atoms with Crippen LogP contribution in [0, 0.1) is 11.3 Å². The number of rotatable bonds is 2. The summed E-state index contributed by atoms with van der Waals surface area (Å²) in [6, 6.07) is 0. The van der Waals surface area contributed by atoms with Gasteiger partial charge in [0, 0.05) is 6.42 Å². The van der Waals surface area contributed by atoms with E-state index in [4.69, 9.17) is 18.9 Å². The van der Waals surface area contributed by atoms with Gasteiger partial charge in [-0.2, -0.15) is 0 Å². The Morgan fingerprint density at radius 3 is 2.25 bits per heavy atom. The van der Waals surface area contributed by atoms with Crippen molar-refractivity contribution in [2.24, 2.45) is 11.3 Å². The Hall–Kier alpha value is -1.40. The van der Waals surface area contributed by atoms with Crippen LogP contribution in [0.4, 0.5) is 0 Å².